The van der Waals surface area contributed by atoms with E-state index in [1.807, 2.05) is 0 Å². The molecule has 0 bridgehead atoms. The molecule has 2 aromatic heterocycles. The van der Waals surface area contributed by atoms with Gasteiger partial charge < -0.3 is 9.47 Å². The molecular weight excluding hydrogens is 280 g/mol. The Morgan fingerprint density at radius 1 is 1.37 bits per heavy atom. The molecule has 102 valence electrons. The minimum atomic E-state index is -2.96. The number of hydrogen-bond donors (Lipinski definition) is 0. The molecule has 0 spiro atoms. The SMILES string of the molecule is COc1ccc(-c2nn(C)c(OC(F)F)c2Cl)cn1. The lowest BCUT2D eigenvalue weighted by Gasteiger charge is -2.03. The molecule has 2 rings (SSSR count). The van der Waals surface area contributed by atoms with Gasteiger partial charge in [-0.1, -0.05) is 11.6 Å². The third kappa shape index (κ3) is 2.76. The molecule has 0 aliphatic rings. The van der Waals surface area contributed by atoms with Crippen LogP contribution in [0.5, 0.6) is 11.8 Å². The minimum absolute atomic E-state index is 0.00904. The average Bonchev–Trinajstić information content (AvgIpc) is 2.66. The van der Waals surface area contributed by atoms with Crippen molar-refractivity contribution in [2.24, 2.45) is 7.05 Å². The van der Waals surface area contributed by atoms with Crippen LogP contribution in [-0.4, -0.2) is 28.5 Å². The van der Waals surface area contributed by atoms with Crippen LogP contribution < -0.4 is 9.47 Å². The Kier molecular flexibility index (Phi) is 3.84. The number of aryl methyl sites for hydroxylation is 1. The zero-order valence-corrected chi connectivity index (χ0v) is 10.9. The highest BCUT2D eigenvalue weighted by Crippen LogP contribution is 2.35. The summed E-state index contributed by atoms with van der Waals surface area (Å²) in [5.74, 6) is 0.238. The van der Waals surface area contributed by atoms with Gasteiger partial charge in [0.25, 0.3) is 0 Å². The highest BCUT2D eigenvalue weighted by Gasteiger charge is 2.20. The van der Waals surface area contributed by atoms with Gasteiger partial charge in [-0.15, -0.1) is 0 Å². The first-order valence-corrected chi connectivity index (χ1v) is 5.58. The first-order chi connectivity index (χ1) is 9.02. The summed E-state index contributed by atoms with van der Waals surface area (Å²) in [6.07, 6.45) is 1.49. The molecule has 0 fully saturated rings. The molecule has 0 saturated heterocycles. The second-order valence-corrected chi connectivity index (χ2v) is 3.94. The Hall–Kier alpha value is -1.89. The maximum atomic E-state index is 12.2. The standard InChI is InChI=1S/C11H10ClF2N3O2/c1-17-10(19-11(13)14)8(12)9(16-17)6-3-4-7(18-2)15-5-6/h3-5,11H,1-2H3. The maximum absolute atomic E-state index is 12.2. The number of aromatic nitrogens is 3. The number of alkyl halides is 2. The molecule has 0 aromatic carbocycles. The summed E-state index contributed by atoms with van der Waals surface area (Å²) < 4.78 is 34.9. The van der Waals surface area contributed by atoms with Gasteiger partial charge >= 0.3 is 6.61 Å². The minimum Gasteiger partial charge on any atom is -0.481 e. The van der Waals surface area contributed by atoms with Crippen molar-refractivity contribution in [3.8, 4) is 23.0 Å². The summed E-state index contributed by atoms with van der Waals surface area (Å²) in [6, 6.07) is 3.29. The Balaban J connectivity index is 2.39. The van der Waals surface area contributed by atoms with Gasteiger partial charge in [-0.3, -0.25) is 0 Å². The number of ether oxygens (including phenoxy) is 2. The molecule has 0 aliphatic heterocycles. The molecule has 8 heteroatoms. The number of methoxy groups -OCH3 is 1. The number of rotatable bonds is 4. The summed E-state index contributed by atoms with van der Waals surface area (Å²) in [5, 5.41) is 4.04. The largest absolute Gasteiger partial charge is 0.481 e. The predicted octanol–water partition coefficient (Wildman–Crippen LogP) is 2.75. The second kappa shape index (κ2) is 5.40. The van der Waals surface area contributed by atoms with Gasteiger partial charge in [0.15, 0.2) is 0 Å². The summed E-state index contributed by atoms with van der Waals surface area (Å²) in [4.78, 5) is 4.00. The molecule has 0 aliphatic carbocycles. The topological polar surface area (TPSA) is 49.2 Å². The molecule has 0 radical (unpaired) electrons. The predicted molar refractivity (Wildman–Crippen MR) is 64.6 cm³/mol. The summed E-state index contributed by atoms with van der Waals surface area (Å²) in [5.41, 5.74) is 0.889. The smallest absolute Gasteiger partial charge is 0.388 e. The molecule has 5 nitrogen and oxygen atoms in total. The highest BCUT2D eigenvalue weighted by molar-refractivity contribution is 6.34. The zero-order chi connectivity index (χ0) is 14.0. The molecule has 0 saturated carbocycles. The van der Waals surface area contributed by atoms with Crippen LogP contribution in [0.25, 0.3) is 11.3 Å². The lowest BCUT2D eigenvalue weighted by Crippen LogP contribution is -2.06. The molecule has 0 atom stereocenters. The van der Waals surface area contributed by atoms with E-state index in [0.717, 1.165) is 4.68 Å². The van der Waals surface area contributed by atoms with Crippen LogP contribution in [0.2, 0.25) is 5.02 Å². The first kappa shape index (κ1) is 13.5. The van der Waals surface area contributed by atoms with Crippen molar-refractivity contribution in [3.05, 3.63) is 23.4 Å². The molecule has 0 amide bonds. The zero-order valence-electron chi connectivity index (χ0n) is 10.1. The first-order valence-electron chi connectivity index (χ1n) is 5.20. The Bertz CT molecular complexity index is 572. The summed E-state index contributed by atoms with van der Waals surface area (Å²) in [6.45, 7) is -2.96. The Morgan fingerprint density at radius 3 is 2.63 bits per heavy atom. The maximum Gasteiger partial charge on any atom is 0.388 e. The van der Waals surface area contributed by atoms with Crippen LogP contribution in [0.15, 0.2) is 18.3 Å². The molecule has 0 N–H and O–H groups in total. The van der Waals surface area contributed by atoms with E-state index in [9.17, 15) is 8.78 Å². The molecular formula is C11H10ClF2N3O2. The lowest BCUT2D eigenvalue weighted by molar-refractivity contribution is -0.0552. The fourth-order valence-electron chi connectivity index (χ4n) is 1.52. The lowest BCUT2D eigenvalue weighted by atomic mass is 10.2. The van der Waals surface area contributed by atoms with E-state index in [1.54, 1.807) is 12.1 Å². The Labute approximate surface area is 112 Å². The number of hydrogen-bond acceptors (Lipinski definition) is 4. The van der Waals surface area contributed by atoms with Crippen LogP contribution in [0.3, 0.4) is 0 Å². The molecule has 0 unspecified atom stereocenters. The molecule has 2 aromatic rings. The van der Waals surface area contributed by atoms with Crippen molar-refractivity contribution in [1.82, 2.24) is 14.8 Å². The third-order valence-electron chi connectivity index (χ3n) is 2.36. The van der Waals surface area contributed by atoms with Crippen molar-refractivity contribution in [3.63, 3.8) is 0 Å². The van der Waals surface area contributed by atoms with Crippen LogP contribution in [0.4, 0.5) is 8.78 Å². The van der Waals surface area contributed by atoms with Gasteiger partial charge in [-0.05, 0) is 6.07 Å². The van der Waals surface area contributed by atoms with Crippen molar-refractivity contribution in [1.29, 1.82) is 0 Å². The van der Waals surface area contributed by atoms with Crippen molar-refractivity contribution >= 4 is 11.6 Å². The van der Waals surface area contributed by atoms with Crippen molar-refractivity contribution in [2.45, 2.75) is 6.61 Å². The van der Waals surface area contributed by atoms with Crippen molar-refractivity contribution in [2.75, 3.05) is 7.11 Å². The van der Waals surface area contributed by atoms with Gasteiger partial charge in [0.1, 0.15) is 10.7 Å². The van der Waals surface area contributed by atoms with E-state index in [2.05, 4.69) is 14.8 Å². The van der Waals surface area contributed by atoms with Crippen LogP contribution in [0.1, 0.15) is 0 Å². The van der Waals surface area contributed by atoms with Gasteiger partial charge in [0.2, 0.25) is 11.8 Å². The third-order valence-corrected chi connectivity index (χ3v) is 2.70. The van der Waals surface area contributed by atoms with Gasteiger partial charge in [-0.25, -0.2) is 9.67 Å². The van der Waals surface area contributed by atoms with E-state index in [1.165, 1.54) is 20.4 Å². The van der Waals surface area contributed by atoms with E-state index < -0.39 is 6.61 Å². The summed E-state index contributed by atoms with van der Waals surface area (Å²) >= 11 is 5.98. The van der Waals surface area contributed by atoms with Gasteiger partial charge in [0.05, 0.1) is 7.11 Å². The number of nitrogens with zero attached hydrogens (tertiary/aromatic N) is 3. The van der Waals surface area contributed by atoms with Crippen LogP contribution >= 0.6 is 11.6 Å². The Morgan fingerprint density at radius 2 is 2.11 bits per heavy atom. The fraction of sp³-hybridized carbons (Fsp3) is 0.273. The molecule has 2 heterocycles. The van der Waals surface area contributed by atoms with E-state index in [4.69, 9.17) is 16.3 Å². The average molecular weight is 290 g/mol. The summed E-state index contributed by atoms with van der Waals surface area (Å²) in [7, 11) is 2.95. The van der Waals surface area contributed by atoms with E-state index in [0.29, 0.717) is 17.1 Å². The quantitative estimate of drug-likeness (QED) is 0.868. The van der Waals surface area contributed by atoms with Crippen LogP contribution in [0, 0.1) is 0 Å². The fourth-order valence-corrected chi connectivity index (χ4v) is 1.83. The van der Waals surface area contributed by atoms with Crippen LogP contribution in [-0.2, 0) is 7.05 Å². The highest BCUT2D eigenvalue weighted by atomic mass is 35.5. The van der Waals surface area contributed by atoms with Gasteiger partial charge in [-0.2, -0.15) is 13.9 Å². The van der Waals surface area contributed by atoms with Crippen molar-refractivity contribution < 1.29 is 18.3 Å². The number of pyridine rings is 1. The normalized spacial score (nSPS) is 10.8. The number of halogens is 3. The molecule has 19 heavy (non-hydrogen) atoms. The van der Waals surface area contributed by atoms with E-state index in [-0.39, 0.29) is 10.9 Å². The second-order valence-electron chi connectivity index (χ2n) is 3.56. The monoisotopic (exact) mass is 289 g/mol. The van der Waals surface area contributed by atoms with E-state index >= 15 is 0 Å². The van der Waals surface area contributed by atoms with Gasteiger partial charge in [0, 0.05) is 24.9 Å².